The second-order valence-electron chi connectivity index (χ2n) is 22.9. The molecule has 7 aliphatic rings. The van der Waals surface area contributed by atoms with Gasteiger partial charge in [-0.05, 0) is 131 Å². The van der Waals surface area contributed by atoms with Crippen LogP contribution in [0.15, 0.2) is 11.6 Å². The fraction of sp³-hybridized carbons (Fsp3) is 0.958. The van der Waals surface area contributed by atoms with Crippen LogP contribution in [0.3, 0.4) is 0 Å². The normalized spacial score (nSPS) is 53.0. The van der Waals surface area contributed by atoms with E-state index in [1.165, 1.54) is 6.92 Å². The first-order chi connectivity index (χ1) is 30.3. The molecule has 376 valence electrons. The molecule has 17 nitrogen and oxygen atoms in total. The first kappa shape index (κ1) is 51.9. The molecule has 0 amide bonds. The number of allylic oxidation sites excluding steroid dienone is 2. The summed E-state index contributed by atoms with van der Waals surface area (Å²) in [6.07, 6.45) is -13.9. The van der Waals surface area contributed by atoms with Crippen LogP contribution in [0.4, 0.5) is 0 Å². The molecule has 25 atom stereocenters. The molecule has 0 bridgehead atoms. The Labute approximate surface area is 384 Å². The second-order valence-corrected chi connectivity index (χ2v) is 22.9. The average Bonchev–Trinajstić information content (AvgIpc) is 3.63. The third kappa shape index (κ3) is 8.73. The van der Waals surface area contributed by atoms with Crippen LogP contribution in [-0.2, 0) is 28.4 Å². The highest BCUT2D eigenvalue weighted by atomic mass is 16.8. The smallest absolute Gasteiger partial charge is 0.187 e. The van der Waals surface area contributed by atoms with Crippen molar-refractivity contribution in [3.8, 4) is 0 Å². The Kier molecular flexibility index (Phi) is 15.2. The van der Waals surface area contributed by atoms with Gasteiger partial charge in [-0.15, -0.1) is 0 Å². The van der Waals surface area contributed by atoms with Crippen molar-refractivity contribution in [2.24, 2.45) is 45.3 Å². The SMILES string of the molecule is CC(C)=CCC[C@](C)(O[C@@H]1O[C@H](CO)[C@@H](O)[C@H](O)[C@H]1O[C@@H]1O[C@@H](C)[C@H](O)[C@@H](O)[C@H]1O)[C@H]1CC[C@]2(C)[C@@H]1[C@H](O)C[C@@H]1[C@@]3(C)CC[C@H](O[C@@H]4O[C@H](CO)[C@@H](O)[C@H](O)[C@H]4O)C(C)(C)[C@@H]3CC[C@]12C. The van der Waals surface area contributed by atoms with Crippen molar-refractivity contribution in [3.05, 3.63) is 11.6 Å². The van der Waals surface area contributed by atoms with Gasteiger partial charge in [0.05, 0.1) is 37.1 Å². The summed E-state index contributed by atoms with van der Waals surface area (Å²) >= 11 is 0. The lowest BCUT2D eigenvalue weighted by Crippen LogP contribution is -2.68. The Hall–Kier alpha value is -0.940. The Balaban J connectivity index is 1.16. The monoisotopic (exact) mass is 931 g/mol. The summed E-state index contributed by atoms with van der Waals surface area (Å²) < 4.78 is 37.5. The molecule has 0 radical (unpaired) electrons. The zero-order chi connectivity index (χ0) is 47.9. The lowest BCUT2D eigenvalue weighted by atomic mass is 9.35. The number of hydrogen-bond donors (Lipinski definition) is 11. The minimum atomic E-state index is -1.71. The second kappa shape index (κ2) is 19.0. The molecule has 0 aromatic carbocycles. The van der Waals surface area contributed by atoms with Gasteiger partial charge in [0.2, 0.25) is 0 Å². The predicted octanol–water partition coefficient (Wildman–Crippen LogP) is 1.00. The summed E-state index contributed by atoms with van der Waals surface area (Å²) in [5.41, 5.74) is -1.07. The van der Waals surface area contributed by atoms with Crippen molar-refractivity contribution < 1.29 is 84.6 Å². The van der Waals surface area contributed by atoms with E-state index >= 15 is 0 Å². The summed E-state index contributed by atoms with van der Waals surface area (Å²) in [5, 5.41) is 119. The van der Waals surface area contributed by atoms with Crippen LogP contribution in [0.1, 0.15) is 120 Å². The van der Waals surface area contributed by atoms with E-state index in [1.807, 2.05) is 20.8 Å². The van der Waals surface area contributed by atoms with Crippen LogP contribution in [-0.4, -0.2) is 179 Å². The van der Waals surface area contributed by atoms with Gasteiger partial charge < -0.3 is 84.6 Å². The molecule has 65 heavy (non-hydrogen) atoms. The van der Waals surface area contributed by atoms with Crippen molar-refractivity contribution >= 4 is 0 Å². The summed E-state index contributed by atoms with van der Waals surface area (Å²) in [7, 11) is 0. The molecule has 4 saturated carbocycles. The van der Waals surface area contributed by atoms with Gasteiger partial charge >= 0.3 is 0 Å². The van der Waals surface area contributed by atoms with E-state index < -0.39 is 122 Å². The molecule has 0 aromatic rings. The van der Waals surface area contributed by atoms with Crippen LogP contribution in [0.25, 0.3) is 0 Å². The average molecular weight is 931 g/mol. The standard InChI is InChI=1S/C48H82O17/c1-22(2)11-10-15-48(9,65-43-40(37(57)34(54)27(21-50)62-43)64-41-38(58)35(55)32(52)23(3)60-41)24-12-17-47(8)31(24)25(51)19-29-45(6)16-14-30(44(4,5)28(45)13-18-46(29,47)7)63-42-39(59)36(56)33(53)26(20-49)61-42/h11,23-43,49-59H,10,12-21H2,1-9H3/t23-,24-,25+,26+,27+,28-,29+,30-,31-,32-,33+,34+,35+,36-,37-,38+,39+,40+,41-,42-,43-,45-,46+,47+,48-/m0/s1. The first-order valence-electron chi connectivity index (χ1n) is 24.2. The fourth-order valence-corrected chi connectivity index (χ4v) is 14.8. The maximum Gasteiger partial charge on any atom is 0.187 e. The van der Waals surface area contributed by atoms with Gasteiger partial charge in [0.15, 0.2) is 18.9 Å². The van der Waals surface area contributed by atoms with Gasteiger partial charge in [-0.3, -0.25) is 0 Å². The highest BCUT2D eigenvalue weighted by Crippen LogP contribution is 2.76. The molecular weight excluding hydrogens is 849 g/mol. The number of aliphatic hydroxyl groups is 11. The van der Waals surface area contributed by atoms with Crippen molar-refractivity contribution in [2.45, 2.75) is 230 Å². The Morgan fingerprint density at radius 2 is 1.22 bits per heavy atom. The lowest BCUT2D eigenvalue weighted by Gasteiger charge is -2.71. The Bertz CT molecular complexity index is 1660. The van der Waals surface area contributed by atoms with Crippen molar-refractivity contribution in [1.29, 1.82) is 0 Å². The molecule has 0 spiro atoms. The topological polar surface area (TPSA) is 278 Å². The third-order valence-corrected chi connectivity index (χ3v) is 18.8. The number of rotatable bonds is 12. The van der Waals surface area contributed by atoms with E-state index in [0.717, 1.165) is 31.3 Å². The zero-order valence-electron chi connectivity index (χ0n) is 39.8. The minimum Gasteiger partial charge on any atom is -0.394 e. The highest BCUT2D eigenvalue weighted by molar-refractivity contribution is 5.20. The van der Waals surface area contributed by atoms with Crippen LogP contribution >= 0.6 is 0 Å². The maximum atomic E-state index is 12.8. The predicted molar refractivity (Wildman–Crippen MR) is 232 cm³/mol. The molecule has 3 heterocycles. The molecule has 0 unspecified atom stereocenters. The number of ether oxygens (including phenoxy) is 6. The molecule has 11 N–H and O–H groups in total. The van der Waals surface area contributed by atoms with E-state index in [1.54, 1.807) is 0 Å². The van der Waals surface area contributed by atoms with Crippen molar-refractivity contribution in [2.75, 3.05) is 13.2 Å². The summed E-state index contributed by atoms with van der Waals surface area (Å²) in [6.45, 7) is 17.8. The van der Waals surface area contributed by atoms with Crippen LogP contribution in [0.5, 0.6) is 0 Å². The summed E-state index contributed by atoms with van der Waals surface area (Å²) in [6, 6.07) is 0. The van der Waals surface area contributed by atoms with Crippen molar-refractivity contribution in [3.63, 3.8) is 0 Å². The Morgan fingerprint density at radius 3 is 1.83 bits per heavy atom. The molecular formula is C48H82O17. The van der Waals surface area contributed by atoms with E-state index in [0.29, 0.717) is 32.1 Å². The summed E-state index contributed by atoms with van der Waals surface area (Å²) in [5.74, 6) is -0.134. The van der Waals surface area contributed by atoms with Crippen LogP contribution in [0.2, 0.25) is 0 Å². The molecule has 3 aliphatic heterocycles. The Morgan fingerprint density at radius 1 is 0.646 bits per heavy atom. The van der Waals surface area contributed by atoms with E-state index in [-0.39, 0.29) is 46.0 Å². The molecule has 3 saturated heterocycles. The third-order valence-electron chi connectivity index (χ3n) is 18.8. The van der Waals surface area contributed by atoms with E-state index in [4.69, 9.17) is 28.4 Å². The molecule has 17 heteroatoms. The van der Waals surface area contributed by atoms with Crippen LogP contribution in [0, 0.1) is 45.3 Å². The maximum absolute atomic E-state index is 12.8. The highest BCUT2D eigenvalue weighted by Gasteiger charge is 2.72. The molecule has 7 fully saturated rings. The van der Waals surface area contributed by atoms with Gasteiger partial charge in [-0.25, -0.2) is 0 Å². The van der Waals surface area contributed by atoms with Crippen LogP contribution < -0.4 is 0 Å². The lowest BCUT2D eigenvalue weighted by molar-refractivity contribution is -0.380. The van der Waals surface area contributed by atoms with Crippen molar-refractivity contribution in [1.82, 2.24) is 0 Å². The molecule has 4 aliphatic carbocycles. The molecule has 7 rings (SSSR count). The fourth-order valence-electron chi connectivity index (χ4n) is 14.8. The van der Waals surface area contributed by atoms with Gasteiger partial charge in [-0.1, -0.05) is 46.3 Å². The van der Waals surface area contributed by atoms with E-state index in [9.17, 15) is 56.2 Å². The quantitative estimate of drug-likeness (QED) is 0.0962. The van der Waals surface area contributed by atoms with E-state index in [2.05, 4.69) is 40.7 Å². The largest absolute Gasteiger partial charge is 0.394 e. The number of aliphatic hydroxyl groups excluding tert-OH is 11. The van der Waals surface area contributed by atoms with Gasteiger partial charge in [-0.2, -0.15) is 0 Å². The minimum absolute atomic E-state index is 0.133. The summed E-state index contributed by atoms with van der Waals surface area (Å²) in [4.78, 5) is 0. The number of fused-ring (bicyclic) bond motifs is 5. The number of hydrogen-bond acceptors (Lipinski definition) is 17. The zero-order valence-corrected chi connectivity index (χ0v) is 39.8. The van der Waals surface area contributed by atoms with Gasteiger partial charge in [0, 0.05) is 0 Å². The first-order valence-corrected chi connectivity index (χ1v) is 24.2. The van der Waals surface area contributed by atoms with Gasteiger partial charge in [0.1, 0.15) is 67.1 Å². The molecule has 0 aromatic heterocycles. The van der Waals surface area contributed by atoms with Gasteiger partial charge in [0.25, 0.3) is 0 Å².